The van der Waals surface area contributed by atoms with Gasteiger partial charge in [0.2, 0.25) is 0 Å². The number of amides is 1. The van der Waals surface area contributed by atoms with Crippen LogP contribution in [0.25, 0.3) is 10.1 Å². The lowest BCUT2D eigenvalue weighted by Crippen LogP contribution is -2.43. The largest absolute Gasteiger partial charge is 0.331 e. The molecule has 0 aliphatic rings. The highest BCUT2D eigenvalue weighted by atomic mass is 35.5. The van der Waals surface area contributed by atoms with E-state index in [1.807, 2.05) is 24.3 Å². The van der Waals surface area contributed by atoms with E-state index in [1.54, 1.807) is 24.3 Å². The van der Waals surface area contributed by atoms with Gasteiger partial charge < -0.3 is 5.32 Å². The SMILES string of the molecule is O=C(NNC(=S)Nc1ccc(Cl)cc1)c1nsc2ccccc12. The minimum atomic E-state index is -0.345. The molecule has 0 unspecified atom stereocenters. The molecule has 3 N–H and O–H groups in total. The Labute approximate surface area is 146 Å². The van der Waals surface area contributed by atoms with E-state index in [4.69, 9.17) is 23.8 Å². The Balaban J connectivity index is 1.60. The summed E-state index contributed by atoms with van der Waals surface area (Å²) < 4.78 is 5.14. The number of carbonyl (C=O) groups is 1. The van der Waals surface area contributed by atoms with Crippen molar-refractivity contribution in [3.8, 4) is 0 Å². The van der Waals surface area contributed by atoms with Crippen LogP contribution < -0.4 is 16.2 Å². The Hall–Kier alpha value is -2.22. The first kappa shape index (κ1) is 15.7. The van der Waals surface area contributed by atoms with Crippen molar-refractivity contribution in [2.24, 2.45) is 0 Å². The molecule has 5 nitrogen and oxygen atoms in total. The predicted octanol–water partition coefficient (Wildman–Crippen LogP) is 3.58. The van der Waals surface area contributed by atoms with Crippen LogP contribution >= 0.6 is 35.4 Å². The van der Waals surface area contributed by atoms with Crippen molar-refractivity contribution in [3.05, 3.63) is 59.2 Å². The average molecular weight is 363 g/mol. The van der Waals surface area contributed by atoms with Crippen molar-refractivity contribution in [1.82, 2.24) is 15.2 Å². The summed E-state index contributed by atoms with van der Waals surface area (Å²) in [5, 5.41) is 4.65. The molecule has 1 aromatic heterocycles. The van der Waals surface area contributed by atoms with Gasteiger partial charge >= 0.3 is 0 Å². The molecule has 23 heavy (non-hydrogen) atoms. The smallest absolute Gasteiger partial charge is 0.290 e. The van der Waals surface area contributed by atoms with Gasteiger partial charge in [-0.3, -0.25) is 15.6 Å². The number of carbonyl (C=O) groups excluding carboxylic acids is 1. The number of hydrogen-bond donors (Lipinski definition) is 3. The van der Waals surface area contributed by atoms with Gasteiger partial charge in [0.15, 0.2) is 10.8 Å². The van der Waals surface area contributed by atoms with Gasteiger partial charge in [-0.2, -0.15) is 4.37 Å². The lowest BCUT2D eigenvalue weighted by Gasteiger charge is -2.11. The molecule has 116 valence electrons. The zero-order chi connectivity index (χ0) is 16.2. The van der Waals surface area contributed by atoms with E-state index in [2.05, 4.69) is 20.5 Å². The Morgan fingerprint density at radius 1 is 1.09 bits per heavy atom. The van der Waals surface area contributed by atoms with Gasteiger partial charge in [-0.25, -0.2) is 0 Å². The van der Waals surface area contributed by atoms with Crippen molar-refractivity contribution < 1.29 is 4.79 Å². The molecule has 0 aliphatic carbocycles. The molecular formula is C15H11ClN4OS2. The van der Waals surface area contributed by atoms with E-state index in [-0.39, 0.29) is 11.0 Å². The van der Waals surface area contributed by atoms with Crippen LogP contribution in [-0.2, 0) is 0 Å². The maximum absolute atomic E-state index is 12.2. The van der Waals surface area contributed by atoms with E-state index in [0.717, 1.165) is 15.8 Å². The monoisotopic (exact) mass is 362 g/mol. The molecular weight excluding hydrogens is 352 g/mol. The van der Waals surface area contributed by atoms with E-state index < -0.39 is 0 Å². The molecule has 0 radical (unpaired) electrons. The molecule has 3 aromatic rings. The highest BCUT2D eigenvalue weighted by Gasteiger charge is 2.13. The van der Waals surface area contributed by atoms with Gasteiger partial charge in [-0.15, -0.1) is 0 Å². The van der Waals surface area contributed by atoms with Gasteiger partial charge in [0.05, 0.1) is 4.70 Å². The molecule has 0 saturated carbocycles. The van der Waals surface area contributed by atoms with Crippen molar-refractivity contribution in [2.75, 3.05) is 5.32 Å². The van der Waals surface area contributed by atoms with Crippen molar-refractivity contribution in [2.45, 2.75) is 0 Å². The van der Waals surface area contributed by atoms with Crippen LogP contribution in [0, 0.1) is 0 Å². The highest BCUT2D eigenvalue weighted by molar-refractivity contribution is 7.80. The molecule has 1 heterocycles. The third-order valence-corrected chi connectivity index (χ3v) is 4.27. The maximum Gasteiger partial charge on any atom is 0.290 e. The number of fused-ring (bicyclic) bond motifs is 1. The number of halogens is 1. The molecule has 0 atom stereocenters. The first-order valence-corrected chi connectivity index (χ1v) is 8.17. The van der Waals surface area contributed by atoms with Crippen LogP contribution in [0.15, 0.2) is 48.5 Å². The van der Waals surface area contributed by atoms with Gasteiger partial charge in [0, 0.05) is 16.1 Å². The fourth-order valence-corrected chi connectivity index (χ4v) is 2.99. The second-order valence-corrected chi connectivity index (χ2v) is 6.22. The number of rotatable bonds is 2. The number of hydrazine groups is 1. The summed E-state index contributed by atoms with van der Waals surface area (Å²) in [4.78, 5) is 12.2. The first-order chi connectivity index (χ1) is 11.1. The lowest BCUT2D eigenvalue weighted by molar-refractivity contribution is 0.0942. The summed E-state index contributed by atoms with van der Waals surface area (Å²) in [6.07, 6.45) is 0. The molecule has 3 rings (SSSR count). The molecule has 8 heteroatoms. The Morgan fingerprint density at radius 2 is 1.83 bits per heavy atom. The maximum atomic E-state index is 12.2. The normalized spacial score (nSPS) is 10.3. The quantitative estimate of drug-likeness (QED) is 0.480. The number of hydrogen-bond acceptors (Lipinski definition) is 4. The summed E-state index contributed by atoms with van der Waals surface area (Å²) in [5.41, 5.74) is 6.32. The topological polar surface area (TPSA) is 66.1 Å². The summed E-state index contributed by atoms with van der Waals surface area (Å²) in [6.45, 7) is 0. The Kier molecular flexibility index (Phi) is 4.71. The van der Waals surface area contributed by atoms with Crippen molar-refractivity contribution in [1.29, 1.82) is 0 Å². The number of benzene rings is 2. The van der Waals surface area contributed by atoms with Crippen LogP contribution in [0.5, 0.6) is 0 Å². The molecule has 0 fully saturated rings. The van der Waals surface area contributed by atoms with Crippen LogP contribution in [0.4, 0.5) is 5.69 Å². The molecule has 1 amide bonds. The lowest BCUT2D eigenvalue weighted by atomic mass is 10.2. The van der Waals surface area contributed by atoms with E-state index in [0.29, 0.717) is 10.7 Å². The third-order valence-electron chi connectivity index (χ3n) is 2.98. The summed E-state index contributed by atoms with van der Waals surface area (Å²) in [7, 11) is 0. The molecule has 0 saturated heterocycles. The van der Waals surface area contributed by atoms with Crippen LogP contribution in [-0.4, -0.2) is 15.4 Å². The second kappa shape index (κ2) is 6.91. The van der Waals surface area contributed by atoms with Gasteiger partial charge in [-0.1, -0.05) is 29.8 Å². The molecule has 2 aromatic carbocycles. The fraction of sp³-hybridized carbons (Fsp3) is 0. The summed E-state index contributed by atoms with van der Waals surface area (Å²) in [5.74, 6) is -0.345. The Morgan fingerprint density at radius 3 is 2.61 bits per heavy atom. The molecule has 0 aliphatic heterocycles. The van der Waals surface area contributed by atoms with Gasteiger partial charge in [-0.05, 0) is 54.1 Å². The zero-order valence-corrected chi connectivity index (χ0v) is 14.1. The number of nitrogens with zero attached hydrogens (tertiary/aromatic N) is 1. The number of thiocarbonyl (C=S) groups is 1. The first-order valence-electron chi connectivity index (χ1n) is 6.61. The van der Waals surface area contributed by atoms with Crippen LogP contribution in [0.1, 0.15) is 10.5 Å². The van der Waals surface area contributed by atoms with E-state index in [9.17, 15) is 4.79 Å². The van der Waals surface area contributed by atoms with Crippen LogP contribution in [0.2, 0.25) is 5.02 Å². The minimum Gasteiger partial charge on any atom is -0.331 e. The average Bonchev–Trinajstić information content (AvgIpc) is 2.99. The van der Waals surface area contributed by atoms with E-state index in [1.165, 1.54) is 11.5 Å². The number of anilines is 1. The van der Waals surface area contributed by atoms with Crippen molar-refractivity contribution in [3.63, 3.8) is 0 Å². The Bertz CT molecular complexity index is 863. The minimum absolute atomic E-state index is 0.264. The van der Waals surface area contributed by atoms with Gasteiger partial charge in [0.25, 0.3) is 5.91 Å². The highest BCUT2D eigenvalue weighted by Crippen LogP contribution is 2.21. The van der Waals surface area contributed by atoms with Gasteiger partial charge in [0.1, 0.15) is 0 Å². The zero-order valence-electron chi connectivity index (χ0n) is 11.7. The van der Waals surface area contributed by atoms with E-state index >= 15 is 0 Å². The standard InChI is InChI=1S/C15H11ClN4OS2/c16-9-5-7-10(8-6-9)17-15(22)19-18-14(21)13-11-3-1-2-4-12(11)23-20-13/h1-8H,(H,18,21)(H2,17,19,22). The molecule has 0 bridgehead atoms. The number of nitrogens with one attached hydrogen (secondary N) is 3. The summed E-state index contributed by atoms with van der Waals surface area (Å²) >= 11 is 12.2. The predicted molar refractivity (Wildman–Crippen MR) is 97.9 cm³/mol. The fourth-order valence-electron chi connectivity index (χ4n) is 1.92. The summed E-state index contributed by atoms with van der Waals surface area (Å²) in [6, 6.07) is 14.6. The number of aromatic nitrogens is 1. The second-order valence-electron chi connectivity index (χ2n) is 4.57. The van der Waals surface area contributed by atoms with Crippen LogP contribution in [0.3, 0.4) is 0 Å². The molecule has 0 spiro atoms. The third kappa shape index (κ3) is 3.76. The van der Waals surface area contributed by atoms with Crippen molar-refractivity contribution >= 4 is 62.1 Å².